The first-order valence-electron chi connectivity index (χ1n) is 7.99. The Kier molecular flexibility index (Phi) is 5.76. The Morgan fingerprint density at radius 2 is 2.14 bits per heavy atom. The van der Waals surface area contributed by atoms with E-state index >= 15 is 0 Å². The van der Waals surface area contributed by atoms with Crippen LogP contribution >= 0.6 is 0 Å². The van der Waals surface area contributed by atoms with Gasteiger partial charge in [0.1, 0.15) is 0 Å². The minimum absolute atomic E-state index is 0.0420. The van der Waals surface area contributed by atoms with Gasteiger partial charge in [0.05, 0.1) is 12.6 Å². The van der Waals surface area contributed by atoms with Gasteiger partial charge in [-0.15, -0.1) is 0 Å². The average molecular weight is 310 g/mol. The summed E-state index contributed by atoms with van der Waals surface area (Å²) < 4.78 is 10.4. The van der Waals surface area contributed by atoms with Crippen LogP contribution in [0.4, 0.5) is 4.79 Å². The molecule has 0 aliphatic carbocycles. The summed E-state index contributed by atoms with van der Waals surface area (Å²) in [5.41, 5.74) is 0. The summed E-state index contributed by atoms with van der Waals surface area (Å²) in [6, 6.07) is 0.380. The number of ether oxygens (including phenoxy) is 1. The quantitative estimate of drug-likeness (QED) is 0.898. The van der Waals surface area contributed by atoms with Gasteiger partial charge in [0.25, 0.3) is 0 Å². The molecule has 0 radical (unpaired) electrons. The number of aromatic nitrogens is 2. The second-order valence-corrected chi connectivity index (χ2v) is 6.03. The van der Waals surface area contributed by atoms with Crippen LogP contribution in [-0.4, -0.2) is 46.9 Å². The largest absolute Gasteiger partial charge is 0.450 e. The molecule has 7 heteroatoms. The first-order valence-corrected chi connectivity index (χ1v) is 7.99. The van der Waals surface area contributed by atoms with Crippen molar-refractivity contribution in [3.63, 3.8) is 0 Å². The second-order valence-electron chi connectivity index (χ2n) is 6.03. The van der Waals surface area contributed by atoms with E-state index in [0.29, 0.717) is 43.4 Å². The highest BCUT2D eigenvalue weighted by Gasteiger charge is 2.29. The van der Waals surface area contributed by atoms with E-state index in [1.165, 1.54) is 0 Å². The third-order valence-electron chi connectivity index (χ3n) is 3.91. The van der Waals surface area contributed by atoms with E-state index in [-0.39, 0.29) is 12.1 Å². The van der Waals surface area contributed by atoms with Crippen LogP contribution in [-0.2, 0) is 4.74 Å². The number of piperidine rings is 1. The van der Waals surface area contributed by atoms with Gasteiger partial charge in [0, 0.05) is 19.1 Å². The maximum absolute atomic E-state index is 11.7. The molecule has 2 heterocycles. The Balaban J connectivity index is 1.89. The van der Waals surface area contributed by atoms with Gasteiger partial charge in [-0.25, -0.2) is 4.79 Å². The van der Waals surface area contributed by atoms with Gasteiger partial charge >= 0.3 is 6.09 Å². The summed E-state index contributed by atoms with van der Waals surface area (Å²) in [7, 11) is 0. The fraction of sp³-hybridized carbons (Fsp3) is 0.800. The van der Waals surface area contributed by atoms with Gasteiger partial charge in [-0.1, -0.05) is 19.0 Å². The predicted molar refractivity (Wildman–Crippen MR) is 81.4 cm³/mol. The summed E-state index contributed by atoms with van der Waals surface area (Å²) in [5.74, 6) is 1.64. The number of amides is 1. The summed E-state index contributed by atoms with van der Waals surface area (Å²) in [5, 5.41) is 7.47. The van der Waals surface area contributed by atoms with E-state index in [9.17, 15) is 4.79 Å². The molecule has 1 saturated heterocycles. The first kappa shape index (κ1) is 16.7. The van der Waals surface area contributed by atoms with Crippen molar-refractivity contribution in [3.05, 3.63) is 11.7 Å². The van der Waals surface area contributed by atoms with Crippen molar-refractivity contribution in [1.29, 1.82) is 0 Å². The summed E-state index contributed by atoms with van der Waals surface area (Å²) in [4.78, 5) is 17.8. The maximum atomic E-state index is 11.7. The zero-order valence-electron chi connectivity index (χ0n) is 13.8. The van der Waals surface area contributed by atoms with Crippen LogP contribution in [0.15, 0.2) is 4.52 Å². The van der Waals surface area contributed by atoms with Crippen LogP contribution < -0.4 is 5.32 Å². The molecule has 0 aromatic carbocycles. The van der Waals surface area contributed by atoms with E-state index in [1.807, 2.05) is 13.8 Å². The zero-order valence-corrected chi connectivity index (χ0v) is 13.8. The molecule has 1 fully saturated rings. The topological polar surface area (TPSA) is 80.5 Å². The Hall–Kier alpha value is -1.63. The lowest BCUT2D eigenvalue weighted by atomic mass is 9.99. The van der Waals surface area contributed by atoms with Crippen molar-refractivity contribution in [2.45, 2.75) is 52.6 Å². The fourth-order valence-electron chi connectivity index (χ4n) is 2.69. The molecule has 2 rings (SSSR count). The van der Waals surface area contributed by atoms with E-state index in [1.54, 1.807) is 4.90 Å². The van der Waals surface area contributed by atoms with Crippen LogP contribution in [0.25, 0.3) is 0 Å². The molecule has 1 aliphatic rings. The molecule has 0 bridgehead atoms. The number of rotatable bonds is 5. The van der Waals surface area contributed by atoms with Crippen LogP contribution in [0.1, 0.15) is 51.4 Å². The van der Waals surface area contributed by atoms with Gasteiger partial charge in [-0.05, 0) is 32.6 Å². The third kappa shape index (κ3) is 4.19. The number of carbonyl (C=O) groups excluding carboxylic acids is 1. The summed E-state index contributed by atoms with van der Waals surface area (Å²) >= 11 is 0. The SMILES string of the molecule is CCOC(=O)N1CCC(NC(c2nc(C)no2)C(C)C)CC1. The van der Waals surface area contributed by atoms with Crippen molar-refractivity contribution < 1.29 is 14.1 Å². The lowest BCUT2D eigenvalue weighted by Crippen LogP contribution is -2.46. The van der Waals surface area contributed by atoms with Crippen molar-refractivity contribution >= 4 is 6.09 Å². The molecular formula is C15H26N4O3. The molecule has 124 valence electrons. The first-order chi connectivity index (χ1) is 10.5. The lowest BCUT2D eigenvalue weighted by Gasteiger charge is -2.34. The Morgan fingerprint density at radius 1 is 1.45 bits per heavy atom. The average Bonchev–Trinajstić information content (AvgIpc) is 2.91. The van der Waals surface area contributed by atoms with Crippen molar-refractivity contribution in [2.24, 2.45) is 5.92 Å². The minimum Gasteiger partial charge on any atom is -0.450 e. The third-order valence-corrected chi connectivity index (χ3v) is 3.91. The van der Waals surface area contributed by atoms with E-state index in [4.69, 9.17) is 9.26 Å². The van der Waals surface area contributed by atoms with Gasteiger partial charge in [-0.3, -0.25) is 0 Å². The van der Waals surface area contributed by atoms with Gasteiger partial charge in [-0.2, -0.15) is 4.98 Å². The maximum Gasteiger partial charge on any atom is 0.409 e. The number of aryl methyl sites for hydroxylation is 1. The molecule has 0 spiro atoms. The van der Waals surface area contributed by atoms with Crippen molar-refractivity contribution in [2.75, 3.05) is 19.7 Å². The predicted octanol–water partition coefficient (Wildman–Crippen LogP) is 2.29. The molecule has 1 amide bonds. The van der Waals surface area contributed by atoms with Crippen molar-refractivity contribution in [1.82, 2.24) is 20.4 Å². The highest BCUT2D eigenvalue weighted by molar-refractivity contribution is 5.67. The molecule has 1 aromatic rings. The van der Waals surface area contributed by atoms with Gasteiger partial charge in [0.15, 0.2) is 5.82 Å². The number of likely N-dealkylation sites (tertiary alicyclic amines) is 1. The standard InChI is InChI=1S/C15H26N4O3/c1-5-21-15(20)19-8-6-12(7-9-19)17-13(10(2)3)14-16-11(4)18-22-14/h10,12-13,17H,5-9H2,1-4H3. The molecular weight excluding hydrogens is 284 g/mol. The van der Waals surface area contributed by atoms with E-state index < -0.39 is 0 Å². The zero-order chi connectivity index (χ0) is 16.1. The molecule has 1 aromatic heterocycles. The Bertz CT molecular complexity index is 481. The van der Waals surface area contributed by atoms with Crippen molar-refractivity contribution in [3.8, 4) is 0 Å². The molecule has 1 aliphatic heterocycles. The van der Waals surface area contributed by atoms with Crippen LogP contribution in [0.3, 0.4) is 0 Å². The van der Waals surface area contributed by atoms with Crippen LogP contribution in [0, 0.1) is 12.8 Å². The number of nitrogens with one attached hydrogen (secondary N) is 1. The Morgan fingerprint density at radius 3 is 2.64 bits per heavy atom. The number of hydrogen-bond donors (Lipinski definition) is 1. The lowest BCUT2D eigenvalue weighted by molar-refractivity contribution is 0.0927. The highest BCUT2D eigenvalue weighted by Crippen LogP contribution is 2.23. The molecule has 1 atom stereocenters. The highest BCUT2D eigenvalue weighted by atomic mass is 16.6. The van der Waals surface area contributed by atoms with Crippen LogP contribution in [0.5, 0.6) is 0 Å². The molecule has 0 saturated carbocycles. The normalized spacial score (nSPS) is 17.8. The van der Waals surface area contributed by atoms with E-state index in [0.717, 1.165) is 12.8 Å². The number of carbonyl (C=O) groups is 1. The van der Waals surface area contributed by atoms with Crippen LogP contribution in [0.2, 0.25) is 0 Å². The minimum atomic E-state index is -0.214. The number of nitrogens with zero attached hydrogens (tertiary/aromatic N) is 3. The van der Waals surface area contributed by atoms with Gasteiger partial charge < -0.3 is 19.5 Å². The van der Waals surface area contributed by atoms with E-state index in [2.05, 4.69) is 29.3 Å². The monoisotopic (exact) mass is 310 g/mol. The molecule has 1 N–H and O–H groups in total. The summed E-state index contributed by atoms with van der Waals surface area (Å²) in [6.07, 6.45) is 1.58. The Labute approximate surface area is 131 Å². The fourth-order valence-corrected chi connectivity index (χ4v) is 2.69. The number of hydrogen-bond acceptors (Lipinski definition) is 6. The summed E-state index contributed by atoms with van der Waals surface area (Å²) in [6.45, 7) is 9.75. The molecule has 22 heavy (non-hydrogen) atoms. The molecule has 1 unspecified atom stereocenters. The molecule has 7 nitrogen and oxygen atoms in total. The smallest absolute Gasteiger partial charge is 0.409 e. The second kappa shape index (κ2) is 7.58. The van der Waals surface area contributed by atoms with Gasteiger partial charge in [0.2, 0.25) is 5.89 Å².